The molecule has 4 rings (SSSR count). The van der Waals surface area contributed by atoms with E-state index in [1.54, 1.807) is 6.33 Å². The lowest BCUT2D eigenvalue weighted by Gasteiger charge is -2.21. The minimum absolute atomic E-state index is 0.0973. The summed E-state index contributed by atoms with van der Waals surface area (Å²) in [6.45, 7) is 2.73. The Morgan fingerprint density at radius 1 is 1.32 bits per heavy atom. The van der Waals surface area contributed by atoms with Crippen molar-refractivity contribution in [3.05, 3.63) is 41.4 Å². The number of aromatic nitrogens is 6. The van der Waals surface area contributed by atoms with E-state index >= 15 is 0 Å². The van der Waals surface area contributed by atoms with Gasteiger partial charge in [0.25, 0.3) is 0 Å². The second kappa shape index (κ2) is 3.86. The molecule has 7 nitrogen and oxygen atoms in total. The average Bonchev–Trinajstić information content (AvgIpc) is 3.03. The van der Waals surface area contributed by atoms with Crippen molar-refractivity contribution in [2.45, 2.75) is 25.9 Å². The molecule has 1 unspecified atom stereocenters. The highest BCUT2D eigenvalue weighted by molar-refractivity contribution is 5.37. The first-order valence-corrected chi connectivity index (χ1v) is 6.25. The van der Waals surface area contributed by atoms with Crippen LogP contribution in [0.15, 0.2) is 18.5 Å². The average molecular weight is 255 g/mol. The van der Waals surface area contributed by atoms with E-state index in [0.29, 0.717) is 0 Å². The molecule has 0 radical (unpaired) electrons. The molecule has 0 spiro atoms. The zero-order chi connectivity index (χ0) is 12.8. The topological polar surface area (TPSA) is 83.8 Å². The Hall–Kier alpha value is -2.28. The Kier molecular flexibility index (Phi) is 2.16. The van der Waals surface area contributed by atoms with Crippen LogP contribution < -0.4 is 5.32 Å². The SMILES string of the molecule is Cc1ccc2nnc(C3Cc4nc[nH]c4CN3)n2n1. The number of rotatable bonds is 1. The van der Waals surface area contributed by atoms with Gasteiger partial charge < -0.3 is 10.3 Å². The summed E-state index contributed by atoms with van der Waals surface area (Å²) in [6.07, 6.45) is 2.54. The quantitative estimate of drug-likeness (QED) is 0.663. The van der Waals surface area contributed by atoms with E-state index in [1.165, 1.54) is 0 Å². The maximum absolute atomic E-state index is 4.48. The Labute approximate surface area is 109 Å². The van der Waals surface area contributed by atoms with Crippen LogP contribution in [-0.4, -0.2) is 29.8 Å². The minimum atomic E-state index is 0.0973. The van der Waals surface area contributed by atoms with Crippen LogP contribution >= 0.6 is 0 Å². The Morgan fingerprint density at radius 3 is 3.21 bits per heavy atom. The molecule has 2 N–H and O–H groups in total. The van der Waals surface area contributed by atoms with Crippen LogP contribution in [0.2, 0.25) is 0 Å². The summed E-state index contributed by atoms with van der Waals surface area (Å²) in [4.78, 5) is 7.48. The van der Waals surface area contributed by atoms with Crippen LogP contribution in [0.1, 0.15) is 28.9 Å². The van der Waals surface area contributed by atoms with E-state index in [-0.39, 0.29) is 6.04 Å². The van der Waals surface area contributed by atoms with E-state index in [2.05, 4.69) is 30.6 Å². The van der Waals surface area contributed by atoms with Gasteiger partial charge in [-0.15, -0.1) is 10.2 Å². The molecule has 1 aliphatic rings. The zero-order valence-electron chi connectivity index (χ0n) is 10.5. The summed E-state index contributed by atoms with van der Waals surface area (Å²) in [6, 6.07) is 3.97. The normalized spacial score (nSPS) is 18.7. The zero-order valence-corrected chi connectivity index (χ0v) is 10.5. The van der Waals surface area contributed by atoms with Crippen LogP contribution in [0.25, 0.3) is 5.65 Å². The van der Waals surface area contributed by atoms with Gasteiger partial charge in [0.05, 0.1) is 29.5 Å². The molecule has 0 aromatic carbocycles. The van der Waals surface area contributed by atoms with Gasteiger partial charge in [-0.2, -0.15) is 9.61 Å². The lowest BCUT2D eigenvalue weighted by atomic mass is 10.1. The van der Waals surface area contributed by atoms with Gasteiger partial charge in [-0.25, -0.2) is 4.98 Å². The van der Waals surface area contributed by atoms with Gasteiger partial charge in [-0.3, -0.25) is 0 Å². The highest BCUT2D eigenvalue weighted by Crippen LogP contribution is 2.22. The van der Waals surface area contributed by atoms with Crippen LogP contribution in [0, 0.1) is 6.92 Å². The molecule has 3 aromatic heterocycles. The third-order valence-corrected chi connectivity index (χ3v) is 3.46. The molecule has 0 saturated carbocycles. The van der Waals surface area contributed by atoms with Gasteiger partial charge in [-0.05, 0) is 19.1 Å². The molecule has 1 atom stereocenters. The molecule has 4 heterocycles. The fraction of sp³-hybridized carbons (Fsp3) is 0.333. The van der Waals surface area contributed by atoms with Crippen molar-refractivity contribution in [1.82, 2.24) is 35.1 Å². The van der Waals surface area contributed by atoms with E-state index in [1.807, 2.05) is 23.6 Å². The number of fused-ring (bicyclic) bond motifs is 2. The molecular weight excluding hydrogens is 242 g/mol. The Morgan fingerprint density at radius 2 is 2.26 bits per heavy atom. The van der Waals surface area contributed by atoms with Crippen LogP contribution in [0.3, 0.4) is 0 Å². The summed E-state index contributed by atoms with van der Waals surface area (Å²) < 4.78 is 1.81. The predicted octanol–water partition coefficient (Wildman–Crippen LogP) is 0.543. The predicted molar refractivity (Wildman–Crippen MR) is 67.4 cm³/mol. The summed E-state index contributed by atoms with van der Waals surface area (Å²) in [5.41, 5.74) is 3.96. The van der Waals surface area contributed by atoms with Crippen LogP contribution in [-0.2, 0) is 13.0 Å². The highest BCUT2D eigenvalue weighted by Gasteiger charge is 2.25. The van der Waals surface area contributed by atoms with E-state index < -0.39 is 0 Å². The molecule has 0 amide bonds. The fourth-order valence-corrected chi connectivity index (χ4v) is 2.47. The summed E-state index contributed by atoms with van der Waals surface area (Å²) in [5.74, 6) is 0.840. The highest BCUT2D eigenvalue weighted by atomic mass is 15.4. The summed E-state index contributed by atoms with van der Waals surface area (Å²) in [7, 11) is 0. The third-order valence-electron chi connectivity index (χ3n) is 3.46. The number of nitrogens with one attached hydrogen (secondary N) is 2. The number of aryl methyl sites for hydroxylation is 1. The number of imidazole rings is 1. The third kappa shape index (κ3) is 1.62. The molecule has 0 bridgehead atoms. The minimum Gasteiger partial charge on any atom is -0.347 e. The number of hydrogen-bond donors (Lipinski definition) is 2. The lowest BCUT2D eigenvalue weighted by molar-refractivity contribution is 0.458. The van der Waals surface area contributed by atoms with Gasteiger partial charge in [0.1, 0.15) is 0 Å². The van der Waals surface area contributed by atoms with E-state index in [0.717, 1.165) is 41.5 Å². The van der Waals surface area contributed by atoms with Gasteiger partial charge in [-0.1, -0.05) is 0 Å². The second-order valence-corrected chi connectivity index (χ2v) is 4.77. The molecule has 96 valence electrons. The molecule has 19 heavy (non-hydrogen) atoms. The van der Waals surface area contributed by atoms with Crippen molar-refractivity contribution in [2.24, 2.45) is 0 Å². The van der Waals surface area contributed by atoms with Gasteiger partial charge in [0.2, 0.25) is 0 Å². The monoisotopic (exact) mass is 255 g/mol. The molecule has 7 heteroatoms. The molecule has 0 aliphatic carbocycles. The maximum atomic E-state index is 4.48. The van der Waals surface area contributed by atoms with Gasteiger partial charge in [0, 0.05) is 13.0 Å². The molecular formula is C12H13N7. The Bertz CT molecular complexity index is 741. The van der Waals surface area contributed by atoms with Gasteiger partial charge >= 0.3 is 0 Å². The van der Waals surface area contributed by atoms with Crippen molar-refractivity contribution >= 4 is 5.65 Å². The first kappa shape index (κ1) is 10.6. The number of nitrogens with zero attached hydrogens (tertiary/aromatic N) is 5. The first-order chi connectivity index (χ1) is 9.31. The first-order valence-electron chi connectivity index (χ1n) is 6.25. The Balaban J connectivity index is 1.77. The van der Waals surface area contributed by atoms with E-state index in [9.17, 15) is 0 Å². The van der Waals surface area contributed by atoms with E-state index in [4.69, 9.17) is 0 Å². The van der Waals surface area contributed by atoms with Crippen molar-refractivity contribution in [3.8, 4) is 0 Å². The number of hydrogen-bond acceptors (Lipinski definition) is 5. The van der Waals surface area contributed by atoms with Crippen LogP contribution in [0.4, 0.5) is 0 Å². The smallest absolute Gasteiger partial charge is 0.177 e. The summed E-state index contributed by atoms with van der Waals surface area (Å²) >= 11 is 0. The maximum Gasteiger partial charge on any atom is 0.177 e. The standard InChI is InChI=1S/C12H13N7/c1-7-2-3-11-16-17-12(19(11)18-7)9-4-8-10(5-13-9)15-6-14-8/h2-3,6,9,13H,4-5H2,1H3,(H,14,15). The van der Waals surface area contributed by atoms with Crippen molar-refractivity contribution in [1.29, 1.82) is 0 Å². The van der Waals surface area contributed by atoms with Gasteiger partial charge in [0.15, 0.2) is 11.5 Å². The van der Waals surface area contributed by atoms with Crippen molar-refractivity contribution < 1.29 is 0 Å². The van der Waals surface area contributed by atoms with Crippen LogP contribution in [0.5, 0.6) is 0 Å². The lowest BCUT2D eigenvalue weighted by Crippen LogP contribution is -2.30. The molecule has 1 aliphatic heterocycles. The molecule has 0 saturated heterocycles. The fourth-order valence-electron chi connectivity index (χ4n) is 2.47. The largest absolute Gasteiger partial charge is 0.347 e. The van der Waals surface area contributed by atoms with Crippen molar-refractivity contribution in [3.63, 3.8) is 0 Å². The second-order valence-electron chi connectivity index (χ2n) is 4.77. The van der Waals surface area contributed by atoms with Crippen molar-refractivity contribution in [2.75, 3.05) is 0 Å². The number of H-pyrrole nitrogens is 1. The molecule has 0 fully saturated rings. The number of aromatic amines is 1. The summed E-state index contributed by atoms with van der Waals surface area (Å²) in [5, 5.41) is 16.3. The molecule has 3 aromatic rings.